The summed E-state index contributed by atoms with van der Waals surface area (Å²) in [6, 6.07) is 8.31. The van der Waals surface area contributed by atoms with Crippen molar-refractivity contribution in [3.63, 3.8) is 0 Å². The summed E-state index contributed by atoms with van der Waals surface area (Å²) in [5, 5.41) is 23.0. The number of nitrogens with one attached hydrogen (secondary N) is 1. The molecular weight excluding hydrogens is 666 g/mol. The summed E-state index contributed by atoms with van der Waals surface area (Å²) >= 11 is 0. The van der Waals surface area contributed by atoms with Gasteiger partial charge in [-0.3, -0.25) is 24.0 Å². The standard InChI is InChI=1S/C40H65N3O9/c1-11-25(2)36(42(8)38(48)30(26(3)24-44)22-34(46)40(5,6)41-7)33(51-9)23-35(47)43-19-15-18-31(43)37(52-10)27(4)32(45)21-29(39(49)50)20-28-16-13-12-14-17-28/h12-14,16-17,25-27,29-31,33,36-37,41,44H,11,15,18-24H2,1-10H3,(H,49,50)/t25-,26?,27-,29+,30-,31-,33+,36-,37+/m0/s1. The molecule has 1 heterocycles. The quantitative estimate of drug-likeness (QED) is 0.150. The van der Waals surface area contributed by atoms with Gasteiger partial charge in [-0.25, -0.2) is 0 Å². The average Bonchev–Trinajstić information content (AvgIpc) is 3.62. The first-order valence-corrected chi connectivity index (χ1v) is 18.7. The van der Waals surface area contributed by atoms with Crippen LogP contribution in [0.4, 0.5) is 0 Å². The molecule has 2 amide bonds. The van der Waals surface area contributed by atoms with Gasteiger partial charge in [-0.2, -0.15) is 0 Å². The fraction of sp³-hybridized carbons (Fsp3) is 0.725. The molecule has 1 unspecified atom stereocenters. The van der Waals surface area contributed by atoms with E-state index in [0.29, 0.717) is 25.8 Å². The Bertz CT molecular complexity index is 1320. The normalized spacial score (nSPS) is 19.5. The van der Waals surface area contributed by atoms with E-state index in [1.807, 2.05) is 44.2 Å². The molecule has 0 aromatic heterocycles. The van der Waals surface area contributed by atoms with Gasteiger partial charge in [0.1, 0.15) is 5.78 Å². The second kappa shape index (κ2) is 20.9. The number of carboxylic acid groups (broad SMARTS) is 1. The van der Waals surface area contributed by atoms with Crippen LogP contribution in [0.1, 0.15) is 85.6 Å². The lowest BCUT2D eigenvalue weighted by atomic mass is 9.82. The maximum Gasteiger partial charge on any atom is 0.307 e. The lowest BCUT2D eigenvalue weighted by Crippen LogP contribution is -2.54. The number of hydrogen-bond acceptors (Lipinski definition) is 9. The van der Waals surface area contributed by atoms with E-state index in [1.165, 1.54) is 14.2 Å². The smallest absolute Gasteiger partial charge is 0.307 e. The molecule has 1 aliphatic rings. The van der Waals surface area contributed by atoms with Gasteiger partial charge in [-0.05, 0) is 57.6 Å². The third-order valence-corrected chi connectivity index (χ3v) is 11.5. The zero-order chi connectivity index (χ0) is 39.3. The molecule has 1 aromatic carbocycles. The fourth-order valence-corrected chi connectivity index (χ4v) is 7.43. The van der Waals surface area contributed by atoms with E-state index in [0.717, 1.165) is 5.56 Å². The monoisotopic (exact) mass is 731 g/mol. The summed E-state index contributed by atoms with van der Waals surface area (Å²) in [5.74, 6) is -4.75. The van der Waals surface area contributed by atoms with Crippen LogP contribution in [-0.2, 0) is 39.9 Å². The molecule has 0 spiro atoms. The van der Waals surface area contributed by atoms with Crippen molar-refractivity contribution < 1.29 is 43.7 Å². The summed E-state index contributed by atoms with van der Waals surface area (Å²) in [6.07, 6.45) is 0.723. The second-order valence-corrected chi connectivity index (χ2v) is 15.3. The van der Waals surface area contributed by atoms with Gasteiger partial charge < -0.3 is 34.8 Å². The van der Waals surface area contributed by atoms with Crippen LogP contribution in [0.2, 0.25) is 0 Å². The van der Waals surface area contributed by atoms with E-state index < -0.39 is 59.5 Å². The van der Waals surface area contributed by atoms with Crippen molar-refractivity contribution in [1.29, 1.82) is 0 Å². The number of ether oxygens (including phenoxy) is 2. The Kier molecular flexibility index (Phi) is 18.1. The SMILES string of the molecule is CC[C@H](C)[C@@H]([C@@H](CC(=O)N1CCC[C@H]1[C@H](OC)[C@@H](C)C(=O)C[C@@H](Cc1ccccc1)C(=O)O)OC)N(C)C(=O)[C@@H](CC(=O)C(C)(C)NC)C(C)CO. The Morgan fingerprint density at radius 3 is 2.15 bits per heavy atom. The lowest BCUT2D eigenvalue weighted by molar-refractivity contribution is -0.150. The Labute approximate surface area is 311 Å². The van der Waals surface area contributed by atoms with Crippen LogP contribution in [0, 0.1) is 29.6 Å². The number of likely N-dealkylation sites (N-methyl/N-ethyl adjacent to an activating group) is 2. The van der Waals surface area contributed by atoms with E-state index in [-0.39, 0.29) is 61.6 Å². The molecule has 9 atom stereocenters. The largest absolute Gasteiger partial charge is 0.481 e. The average molecular weight is 732 g/mol. The van der Waals surface area contributed by atoms with Gasteiger partial charge in [-0.15, -0.1) is 0 Å². The van der Waals surface area contributed by atoms with Gasteiger partial charge in [0.05, 0.1) is 42.2 Å². The van der Waals surface area contributed by atoms with Crippen LogP contribution in [0.5, 0.6) is 0 Å². The molecule has 2 rings (SSSR count). The predicted molar refractivity (Wildman–Crippen MR) is 200 cm³/mol. The van der Waals surface area contributed by atoms with Crippen LogP contribution in [0.25, 0.3) is 0 Å². The summed E-state index contributed by atoms with van der Waals surface area (Å²) in [5.41, 5.74) is -0.00932. The van der Waals surface area contributed by atoms with Crippen molar-refractivity contribution in [2.75, 3.05) is 41.5 Å². The first-order chi connectivity index (χ1) is 24.5. The topological polar surface area (TPSA) is 163 Å². The number of aliphatic hydroxyl groups excluding tert-OH is 1. The molecule has 294 valence electrons. The number of Topliss-reactive ketones (excluding diaryl/α,β-unsaturated/α-hetero) is 2. The van der Waals surface area contributed by atoms with Crippen LogP contribution >= 0.6 is 0 Å². The number of benzene rings is 1. The maximum absolute atomic E-state index is 14.2. The lowest BCUT2D eigenvalue weighted by Gasteiger charge is -2.41. The second-order valence-electron chi connectivity index (χ2n) is 15.3. The van der Waals surface area contributed by atoms with Gasteiger partial charge in [0.25, 0.3) is 0 Å². The molecule has 1 aromatic rings. The molecule has 0 aliphatic carbocycles. The summed E-state index contributed by atoms with van der Waals surface area (Å²) < 4.78 is 11.9. The number of aliphatic carboxylic acids is 1. The highest BCUT2D eigenvalue weighted by Crippen LogP contribution is 2.32. The number of carbonyl (C=O) groups is 5. The van der Waals surface area contributed by atoms with Crippen molar-refractivity contribution in [1.82, 2.24) is 15.1 Å². The number of carbonyl (C=O) groups excluding carboxylic acids is 4. The highest BCUT2D eigenvalue weighted by atomic mass is 16.5. The molecule has 1 aliphatic heterocycles. The minimum Gasteiger partial charge on any atom is -0.481 e. The van der Waals surface area contributed by atoms with Gasteiger partial charge in [-0.1, -0.05) is 64.4 Å². The van der Waals surface area contributed by atoms with Crippen molar-refractivity contribution in [2.45, 2.75) is 116 Å². The Hall–Kier alpha value is -3.19. The van der Waals surface area contributed by atoms with E-state index >= 15 is 0 Å². The molecule has 0 bridgehead atoms. The number of hydrogen-bond donors (Lipinski definition) is 3. The van der Waals surface area contributed by atoms with Crippen molar-refractivity contribution in [3.8, 4) is 0 Å². The molecule has 0 saturated carbocycles. The summed E-state index contributed by atoms with van der Waals surface area (Å²) in [6.45, 7) is 11.2. The minimum absolute atomic E-state index is 0.0253. The van der Waals surface area contributed by atoms with E-state index in [9.17, 15) is 34.2 Å². The predicted octanol–water partition coefficient (Wildman–Crippen LogP) is 4.01. The molecule has 52 heavy (non-hydrogen) atoms. The summed E-state index contributed by atoms with van der Waals surface area (Å²) in [4.78, 5) is 70.5. The number of likely N-dealkylation sites (tertiary alicyclic amines) is 1. The first kappa shape index (κ1) is 45.0. The van der Waals surface area contributed by atoms with Crippen molar-refractivity contribution >= 4 is 29.4 Å². The Morgan fingerprint density at radius 1 is 1.00 bits per heavy atom. The molecule has 12 nitrogen and oxygen atoms in total. The molecule has 3 N–H and O–H groups in total. The number of carboxylic acids is 1. The van der Waals surface area contributed by atoms with Gasteiger partial charge in [0, 0.05) is 59.1 Å². The summed E-state index contributed by atoms with van der Waals surface area (Å²) in [7, 11) is 6.40. The Balaban J connectivity index is 2.28. The van der Waals surface area contributed by atoms with Gasteiger partial charge >= 0.3 is 5.97 Å². The third-order valence-electron chi connectivity index (χ3n) is 11.5. The number of methoxy groups -OCH3 is 2. The van der Waals surface area contributed by atoms with E-state index in [1.54, 1.807) is 51.6 Å². The minimum atomic E-state index is -1.04. The first-order valence-electron chi connectivity index (χ1n) is 18.7. The van der Waals surface area contributed by atoms with Gasteiger partial charge in [0.15, 0.2) is 5.78 Å². The third kappa shape index (κ3) is 11.7. The molecular formula is C40H65N3O9. The highest BCUT2D eigenvalue weighted by Gasteiger charge is 2.43. The zero-order valence-electron chi connectivity index (χ0n) is 33.1. The molecule has 1 saturated heterocycles. The number of aliphatic hydroxyl groups is 1. The van der Waals surface area contributed by atoms with Crippen LogP contribution in [0.3, 0.4) is 0 Å². The maximum atomic E-state index is 14.2. The molecule has 0 radical (unpaired) electrons. The highest BCUT2D eigenvalue weighted by molar-refractivity contribution is 5.92. The zero-order valence-corrected chi connectivity index (χ0v) is 33.1. The number of rotatable bonds is 23. The molecule has 1 fully saturated rings. The van der Waals surface area contributed by atoms with E-state index in [2.05, 4.69) is 5.32 Å². The number of ketones is 2. The van der Waals surface area contributed by atoms with Crippen molar-refractivity contribution in [2.24, 2.45) is 29.6 Å². The van der Waals surface area contributed by atoms with E-state index in [4.69, 9.17) is 9.47 Å². The van der Waals surface area contributed by atoms with Gasteiger partial charge in [0.2, 0.25) is 11.8 Å². The van der Waals surface area contributed by atoms with Crippen LogP contribution < -0.4 is 5.32 Å². The van der Waals surface area contributed by atoms with Crippen LogP contribution in [-0.4, -0.2) is 121 Å². The van der Waals surface area contributed by atoms with Crippen molar-refractivity contribution in [3.05, 3.63) is 35.9 Å². The van der Waals surface area contributed by atoms with Crippen LogP contribution in [0.15, 0.2) is 30.3 Å². The number of amides is 2. The number of nitrogens with zero attached hydrogens (tertiary/aromatic N) is 2. The Morgan fingerprint density at radius 2 is 1.63 bits per heavy atom. The molecule has 12 heteroatoms. The fourth-order valence-electron chi connectivity index (χ4n) is 7.43.